The number of aromatic nitrogens is 2. The number of carbonyl (C=O) groups excluding carboxylic acids is 4. The van der Waals surface area contributed by atoms with Gasteiger partial charge in [-0.3, -0.25) is 19.2 Å². The Morgan fingerprint density at radius 2 is 0.961 bits per heavy atom. The third-order valence-corrected chi connectivity index (χ3v) is 9.37. The highest BCUT2D eigenvalue weighted by Crippen LogP contribution is 2.27. The molecule has 2 unspecified atom stereocenters. The fourth-order valence-electron chi connectivity index (χ4n) is 6.72. The average Bonchev–Trinajstić information content (AvgIpc) is 3.95. The summed E-state index contributed by atoms with van der Waals surface area (Å²) in [5.74, 6) is 0.107. The molecule has 3 heterocycles. The second kappa shape index (κ2) is 15.2. The molecule has 11 heteroatoms. The van der Waals surface area contributed by atoms with E-state index < -0.39 is 12.1 Å². The lowest BCUT2D eigenvalue weighted by atomic mass is 10.1. The Morgan fingerprint density at radius 1 is 0.569 bits per heavy atom. The van der Waals surface area contributed by atoms with Gasteiger partial charge in [0.1, 0.15) is 12.1 Å². The Bertz CT molecular complexity index is 1850. The van der Waals surface area contributed by atoms with E-state index in [-0.39, 0.29) is 36.5 Å². The molecule has 51 heavy (non-hydrogen) atoms. The molecule has 0 spiro atoms. The zero-order valence-electron chi connectivity index (χ0n) is 28.0. The molecule has 5 aromatic rings. The molecule has 7 rings (SSSR count). The first-order valence-corrected chi connectivity index (χ1v) is 17.2. The van der Waals surface area contributed by atoms with Crippen LogP contribution in [0.5, 0.6) is 0 Å². The summed E-state index contributed by atoms with van der Waals surface area (Å²) in [4.78, 5) is 55.6. The van der Waals surface area contributed by atoms with Crippen molar-refractivity contribution in [1.29, 1.82) is 0 Å². The van der Waals surface area contributed by atoms with Crippen LogP contribution < -0.4 is 10.6 Å². The van der Waals surface area contributed by atoms with Gasteiger partial charge in [0.15, 0.2) is 0 Å². The number of rotatable bonds is 10. The van der Waals surface area contributed by atoms with Gasteiger partial charge in [-0.15, -0.1) is 10.2 Å². The molecular weight excluding hydrogens is 644 g/mol. The number of hydrogen-bond donors (Lipinski definition) is 2. The Kier molecular flexibility index (Phi) is 9.96. The van der Waals surface area contributed by atoms with Crippen LogP contribution in [-0.2, 0) is 32.0 Å². The average molecular weight is 683 g/mol. The number of anilines is 2. The summed E-state index contributed by atoms with van der Waals surface area (Å²) in [6.07, 6.45) is 3.35. The maximum atomic E-state index is 13.2. The van der Waals surface area contributed by atoms with E-state index in [0.717, 1.165) is 24.0 Å². The number of likely N-dealkylation sites (tertiary alicyclic amines) is 2. The Balaban J connectivity index is 0.927. The van der Waals surface area contributed by atoms with Crippen LogP contribution in [0.15, 0.2) is 114 Å². The van der Waals surface area contributed by atoms with Crippen molar-refractivity contribution in [1.82, 2.24) is 20.0 Å². The van der Waals surface area contributed by atoms with Crippen molar-refractivity contribution >= 4 is 35.0 Å². The fourth-order valence-corrected chi connectivity index (χ4v) is 6.72. The highest BCUT2D eigenvalue weighted by molar-refractivity contribution is 5.98. The van der Waals surface area contributed by atoms with E-state index in [4.69, 9.17) is 4.42 Å². The molecule has 4 aromatic carbocycles. The van der Waals surface area contributed by atoms with E-state index in [2.05, 4.69) is 20.8 Å². The van der Waals surface area contributed by atoms with Crippen molar-refractivity contribution in [3.05, 3.63) is 120 Å². The minimum absolute atomic E-state index is 0.0518. The van der Waals surface area contributed by atoms with Crippen molar-refractivity contribution < 1.29 is 23.6 Å². The minimum Gasteiger partial charge on any atom is -0.416 e. The highest BCUT2D eigenvalue weighted by Gasteiger charge is 2.35. The van der Waals surface area contributed by atoms with Crippen molar-refractivity contribution in [3.63, 3.8) is 0 Å². The molecule has 2 atom stereocenters. The van der Waals surface area contributed by atoms with E-state index in [1.807, 2.05) is 60.7 Å². The minimum atomic E-state index is -0.509. The molecule has 1 aromatic heterocycles. The van der Waals surface area contributed by atoms with E-state index in [0.29, 0.717) is 60.2 Å². The normalized spacial score (nSPS) is 16.9. The Labute approximate surface area is 295 Å². The SMILES string of the molecule is O=C(Nc1ccc(-c2nnc(-c3ccc(NC(=O)C4CCCN4C(=O)Cc4ccccc4)cc3)o2)cc1)C1CCCN1C(=O)Cc1ccccc1. The van der Waals surface area contributed by atoms with E-state index >= 15 is 0 Å². The first-order chi connectivity index (χ1) is 24.9. The lowest BCUT2D eigenvalue weighted by Crippen LogP contribution is -2.43. The Morgan fingerprint density at radius 3 is 1.35 bits per heavy atom. The molecule has 2 N–H and O–H groups in total. The molecule has 2 saturated heterocycles. The summed E-state index contributed by atoms with van der Waals surface area (Å²) in [5, 5.41) is 14.3. The number of carbonyl (C=O) groups is 4. The summed E-state index contributed by atoms with van der Waals surface area (Å²) in [6, 6.07) is 32.3. The number of nitrogens with one attached hydrogen (secondary N) is 2. The predicted octanol–water partition coefficient (Wildman–Crippen LogP) is 5.75. The van der Waals surface area contributed by atoms with E-state index in [1.165, 1.54) is 0 Å². The summed E-state index contributed by atoms with van der Waals surface area (Å²) < 4.78 is 5.95. The zero-order valence-corrected chi connectivity index (χ0v) is 28.0. The standard InChI is InChI=1S/C40H38N6O5/c47-35(25-27-9-3-1-4-10-27)45-23-7-13-33(45)37(49)41-31-19-15-29(16-20-31)39-43-44-40(51-39)30-17-21-32(22-18-30)42-38(50)34-14-8-24-46(34)36(48)26-28-11-5-2-6-12-28/h1-6,9-12,15-22,33-34H,7-8,13-14,23-26H2,(H,41,49)(H,42,50). The van der Waals surface area contributed by atoms with Crippen LogP contribution in [0.3, 0.4) is 0 Å². The summed E-state index contributed by atoms with van der Waals surface area (Å²) in [6.45, 7) is 1.13. The lowest BCUT2D eigenvalue weighted by molar-refractivity contribution is -0.136. The maximum absolute atomic E-state index is 13.2. The van der Waals surface area contributed by atoms with Crippen LogP contribution in [0.4, 0.5) is 11.4 Å². The third kappa shape index (κ3) is 7.88. The van der Waals surface area contributed by atoms with Crippen LogP contribution in [0.25, 0.3) is 22.9 Å². The highest BCUT2D eigenvalue weighted by atomic mass is 16.4. The van der Waals surface area contributed by atoms with Gasteiger partial charge in [0, 0.05) is 35.6 Å². The van der Waals surface area contributed by atoms with Crippen LogP contribution in [0.1, 0.15) is 36.8 Å². The van der Waals surface area contributed by atoms with Gasteiger partial charge in [0.2, 0.25) is 35.4 Å². The Hall–Kier alpha value is -6.10. The zero-order chi connectivity index (χ0) is 35.2. The number of benzene rings is 4. The second-order valence-corrected chi connectivity index (χ2v) is 12.9. The predicted molar refractivity (Wildman–Crippen MR) is 192 cm³/mol. The second-order valence-electron chi connectivity index (χ2n) is 12.9. The van der Waals surface area contributed by atoms with Gasteiger partial charge in [0.25, 0.3) is 0 Å². The van der Waals surface area contributed by atoms with Crippen molar-refractivity contribution in [2.45, 2.75) is 50.6 Å². The van der Waals surface area contributed by atoms with Crippen LogP contribution in [0, 0.1) is 0 Å². The lowest BCUT2D eigenvalue weighted by Gasteiger charge is -2.24. The molecule has 2 aliphatic rings. The molecule has 0 radical (unpaired) electrons. The topological polar surface area (TPSA) is 138 Å². The summed E-state index contributed by atoms with van der Waals surface area (Å²) in [7, 11) is 0. The van der Waals surface area contributed by atoms with Crippen LogP contribution in [-0.4, -0.2) is 68.8 Å². The van der Waals surface area contributed by atoms with Crippen molar-refractivity contribution in [2.24, 2.45) is 0 Å². The molecule has 258 valence electrons. The van der Waals surface area contributed by atoms with Gasteiger partial charge >= 0.3 is 0 Å². The molecule has 2 fully saturated rings. The number of nitrogens with zero attached hydrogens (tertiary/aromatic N) is 4. The quantitative estimate of drug-likeness (QED) is 0.191. The van der Waals surface area contributed by atoms with Crippen molar-refractivity contribution in [3.8, 4) is 22.9 Å². The van der Waals surface area contributed by atoms with Crippen LogP contribution in [0.2, 0.25) is 0 Å². The molecule has 4 amide bonds. The third-order valence-electron chi connectivity index (χ3n) is 9.37. The first kappa shape index (κ1) is 33.4. The van der Waals surface area contributed by atoms with Gasteiger partial charge < -0.3 is 24.9 Å². The molecule has 0 bridgehead atoms. The largest absolute Gasteiger partial charge is 0.416 e. The molecule has 0 saturated carbocycles. The maximum Gasteiger partial charge on any atom is 0.248 e. The van der Waals surface area contributed by atoms with Gasteiger partial charge in [-0.2, -0.15) is 0 Å². The van der Waals surface area contributed by atoms with Gasteiger partial charge in [0.05, 0.1) is 12.8 Å². The number of hydrogen-bond acceptors (Lipinski definition) is 7. The van der Waals surface area contributed by atoms with Crippen molar-refractivity contribution in [2.75, 3.05) is 23.7 Å². The molecule has 2 aliphatic heterocycles. The van der Waals surface area contributed by atoms with E-state index in [9.17, 15) is 19.2 Å². The first-order valence-electron chi connectivity index (χ1n) is 17.2. The fraction of sp³-hybridized carbons (Fsp3) is 0.250. The van der Waals surface area contributed by atoms with Gasteiger partial charge in [-0.1, -0.05) is 60.7 Å². The number of amides is 4. The van der Waals surface area contributed by atoms with Crippen LogP contribution >= 0.6 is 0 Å². The monoisotopic (exact) mass is 682 g/mol. The molecule has 11 nitrogen and oxygen atoms in total. The molecule has 0 aliphatic carbocycles. The van der Waals surface area contributed by atoms with Gasteiger partial charge in [-0.25, -0.2) is 0 Å². The van der Waals surface area contributed by atoms with E-state index in [1.54, 1.807) is 58.3 Å². The summed E-state index contributed by atoms with van der Waals surface area (Å²) >= 11 is 0. The molecular formula is C40H38N6O5. The smallest absolute Gasteiger partial charge is 0.248 e. The van der Waals surface area contributed by atoms with Gasteiger partial charge in [-0.05, 0) is 85.3 Å². The summed E-state index contributed by atoms with van der Waals surface area (Å²) in [5.41, 5.74) is 4.41.